The van der Waals surface area contributed by atoms with Gasteiger partial charge in [-0.3, -0.25) is 0 Å². The Labute approximate surface area is 492 Å². The molecule has 11 rings (SSSR count). The van der Waals surface area contributed by atoms with Crippen molar-refractivity contribution in [1.82, 2.24) is 0 Å². The van der Waals surface area contributed by atoms with Crippen LogP contribution in [-0.4, -0.2) is 76.3 Å². The molecule has 4 heterocycles. The first-order chi connectivity index (χ1) is 40.1. The number of rotatable bonds is 19. The van der Waals surface area contributed by atoms with Gasteiger partial charge in [0.05, 0.1) is 42.0 Å². The lowest BCUT2D eigenvalue weighted by Crippen LogP contribution is -2.36. The SMILES string of the molecule is CCC(O)CCCC1CC(CCCC2CC(CC(O)CC)OC(c3cccc(OC4=C(/C=C/C5=[N+](C)c6ccc7ccccc7c6C5(C)C)CCC/C4=C\C=C4\N(C)c5ccc6ccccc6c5C4(C)C)c3)O2)OC(c2cccc(O)c2)O1. The lowest BCUT2D eigenvalue weighted by Gasteiger charge is -2.38. The molecule has 2 fully saturated rings. The molecular formula is C73H87N2O8+. The Bertz CT molecular complexity index is 3480. The molecule has 0 aromatic heterocycles. The Morgan fingerprint density at radius 1 is 0.651 bits per heavy atom. The second-order valence-corrected chi connectivity index (χ2v) is 25.1. The lowest BCUT2D eigenvalue weighted by molar-refractivity contribution is -0.401. The molecule has 1 aliphatic carbocycles. The minimum absolute atomic E-state index is 0.0255. The van der Waals surface area contributed by atoms with E-state index in [1.54, 1.807) is 12.1 Å². The van der Waals surface area contributed by atoms with Crippen LogP contribution in [0, 0.1) is 0 Å². The Kier molecular flexibility index (Phi) is 17.6. The Morgan fingerprint density at radius 3 is 1.95 bits per heavy atom. The number of nitrogens with zero attached hydrogens (tertiary/aromatic N) is 2. The molecule has 4 aliphatic heterocycles. The molecule has 6 aromatic carbocycles. The number of ether oxygens (including phenoxy) is 5. The van der Waals surface area contributed by atoms with Gasteiger partial charge in [0.2, 0.25) is 5.69 Å². The van der Waals surface area contributed by atoms with Crippen LogP contribution < -0.4 is 9.64 Å². The van der Waals surface area contributed by atoms with Gasteiger partial charge in [-0.25, -0.2) is 0 Å². The summed E-state index contributed by atoms with van der Waals surface area (Å²) in [5.41, 5.74) is 11.1. The molecule has 2 saturated heterocycles. The third-order valence-corrected chi connectivity index (χ3v) is 18.6. The van der Waals surface area contributed by atoms with Gasteiger partial charge in [0.15, 0.2) is 18.3 Å². The van der Waals surface area contributed by atoms with Crippen molar-refractivity contribution < 1.29 is 43.6 Å². The van der Waals surface area contributed by atoms with Crippen LogP contribution in [0.4, 0.5) is 11.4 Å². The van der Waals surface area contributed by atoms with Crippen LogP contribution in [0.5, 0.6) is 11.5 Å². The molecule has 10 nitrogen and oxygen atoms in total. The fourth-order valence-electron chi connectivity index (χ4n) is 14.0. The lowest BCUT2D eigenvalue weighted by atomic mass is 9.78. The fourth-order valence-corrected chi connectivity index (χ4v) is 14.0. The van der Waals surface area contributed by atoms with Crippen LogP contribution in [0.3, 0.4) is 0 Å². The van der Waals surface area contributed by atoms with Gasteiger partial charge in [0.1, 0.15) is 24.3 Å². The fraction of sp³-hybridized carbons (Fsp3) is 0.438. The van der Waals surface area contributed by atoms with Crippen LogP contribution in [0.15, 0.2) is 168 Å². The molecule has 6 aromatic rings. The van der Waals surface area contributed by atoms with Gasteiger partial charge in [-0.1, -0.05) is 113 Å². The maximum atomic E-state index is 11.0. The topological polar surface area (TPSA) is 113 Å². The predicted octanol–water partition coefficient (Wildman–Crippen LogP) is 16.3. The average molecular weight is 1120 g/mol. The highest BCUT2D eigenvalue weighted by molar-refractivity contribution is 6.07. The molecule has 0 saturated carbocycles. The highest BCUT2D eigenvalue weighted by atomic mass is 16.7. The van der Waals surface area contributed by atoms with Crippen molar-refractivity contribution in [3.63, 3.8) is 0 Å². The van der Waals surface area contributed by atoms with E-state index in [1.165, 1.54) is 55.5 Å². The third-order valence-electron chi connectivity index (χ3n) is 18.6. The van der Waals surface area contributed by atoms with Crippen molar-refractivity contribution >= 4 is 38.6 Å². The minimum Gasteiger partial charge on any atom is -0.508 e. The van der Waals surface area contributed by atoms with E-state index in [0.717, 1.165) is 98.7 Å². The van der Waals surface area contributed by atoms with E-state index in [1.807, 2.05) is 38.1 Å². The Hall–Kier alpha value is -6.37. The summed E-state index contributed by atoms with van der Waals surface area (Å²) in [4.78, 5) is 2.36. The number of hydrogen-bond acceptors (Lipinski definition) is 9. The predicted molar refractivity (Wildman–Crippen MR) is 334 cm³/mol. The van der Waals surface area contributed by atoms with Gasteiger partial charge in [0.25, 0.3) is 0 Å². The summed E-state index contributed by atoms with van der Waals surface area (Å²) in [7, 11) is 4.39. The van der Waals surface area contributed by atoms with E-state index in [-0.39, 0.29) is 47.1 Å². The third kappa shape index (κ3) is 12.4. The first-order valence-electron chi connectivity index (χ1n) is 30.9. The molecule has 8 unspecified atom stereocenters. The van der Waals surface area contributed by atoms with Gasteiger partial charge >= 0.3 is 0 Å². The molecule has 83 heavy (non-hydrogen) atoms. The zero-order valence-electron chi connectivity index (χ0n) is 50.2. The van der Waals surface area contributed by atoms with E-state index in [0.29, 0.717) is 25.0 Å². The molecular weight excluding hydrogens is 1030 g/mol. The van der Waals surface area contributed by atoms with E-state index in [2.05, 4.69) is 160 Å². The highest BCUT2D eigenvalue weighted by Crippen LogP contribution is 2.51. The molecule has 5 aliphatic rings. The summed E-state index contributed by atoms with van der Waals surface area (Å²) in [6, 6.07) is 41.8. The number of phenols is 1. The summed E-state index contributed by atoms with van der Waals surface area (Å²) in [5, 5.41) is 36.7. The number of benzene rings is 6. The van der Waals surface area contributed by atoms with Crippen molar-refractivity contribution in [1.29, 1.82) is 0 Å². The maximum Gasteiger partial charge on any atom is 0.210 e. The first-order valence-corrected chi connectivity index (χ1v) is 30.9. The summed E-state index contributed by atoms with van der Waals surface area (Å²) in [5.74, 6) is 1.76. The molecule has 10 heteroatoms. The number of fused-ring (bicyclic) bond motifs is 6. The van der Waals surface area contributed by atoms with Crippen molar-refractivity contribution in [2.24, 2.45) is 0 Å². The summed E-state index contributed by atoms with van der Waals surface area (Å²) >= 11 is 0. The van der Waals surface area contributed by atoms with Crippen LogP contribution in [0.2, 0.25) is 0 Å². The molecule has 0 spiro atoms. The Morgan fingerprint density at radius 2 is 1.27 bits per heavy atom. The van der Waals surface area contributed by atoms with Crippen molar-refractivity contribution in [2.45, 2.75) is 191 Å². The van der Waals surface area contributed by atoms with Gasteiger partial charge < -0.3 is 43.9 Å². The quantitative estimate of drug-likeness (QED) is 0.0683. The molecule has 3 N–H and O–H groups in total. The Balaban J connectivity index is 0.873. The smallest absolute Gasteiger partial charge is 0.210 e. The number of aliphatic hydroxyl groups excluding tert-OH is 2. The van der Waals surface area contributed by atoms with Gasteiger partial charge in [0, 0.05) is 65.5 Å². The normalized spacial score (nSPS) is 25.0. The van der Waals surface area contributed by atoms with Gasteiger partial charge in [-0.15, -0.1) is 0 Å². The minimum atomic E-state index is -0.657. The molecule has 0 radical (unpaired) electrons. The second kappa shape index (κ2) is 25.1. The van der Waals surface area contributed by atoms with Crippen molar-refractivity contribution in [2.75, 3.05) is 19.0 Å². The van der Waals surface area contributed by atoms with E-state index < -0.39 is 18.7 Å². The number of aliphatic hydroxyl groups is 2. The van der Waals surface area contributed by atoms with Crippen LogP contribution in [0.1, 0.15) is 166 Å². The standard InChI is InChI=1S/C73H86N2O8/c1-9-53(76)26-18-29-57-45-58(81-70(80-57)51-24-16-27-55(78)42-51)30-19-31-59-46-60(44-54(77)10-2)83-71(82-59)52-25-17-28-56(43-52)79-69-49(36-40-65-72(3,4)67-61-32-13-11-20-47(61)34-38-63(67)74(65)7)22-15-23-50(69)37-41-66-73(5,6)68-62-33-14-12-21-48(62)35-39-64(68)75(66)8/h11-14,16-17,20-21,24-25,27-28,32-43,53-54,57-60,70-71,76-77H,9-10,15,18-19,22-23,26,29-31,44-46H2,1-8H3/p+1. The molecule has 0 amide bonds. The number of aromatic hydroxyl groups is 1. The van der Waals surface area contributed by atoms with E-state index >= 15 is 0 Å². The number of anilines is 1. The van der Waals surface area contributed by atoms with E-state index in [9.17, 15) is 15.3 Å². The molecule has 0 bridgehead atoms. The zero-order chi connectivity index (χ0) is 58.0. The number of phenolic OH excluding ortho intramolecular Hbond substituents is 1. The number of hydrogen-bond donors (Lipinski definition) is 3. The van der Waals surface area contributed by atoms with E-state index in [4.69, 9.17) is 23.7 Å². The average Bonchev–Trinajstić information content (AvgIpc) is 2.85. The van der Waals surface area contributed by atoms with Gasteiger partial charge in [-0.2, -0.15) is 4.58 Å². The van der Waals surface area contributed by atoms with Crippen LogP contribution in [0.25, 0.3) is 21.5 Å². The summed E-state index contributed by atoms with van der Waals surface area (Å²) in [6.07, 6.45) is 17.9. The monoisotopic (exact) mass is 1120 g/mol. The highest BCUT2D eigenvalue weighted by Gasteiger charge is 2.45. The maximum absolute atomic E-state index is 11.0. The van der Waals surface area contributed by atoms with Gasteiger partial charge in [-0.05, 0) is 178 Å². The van der Waals surface area contributed by atoms with Crippen LogP contribution >= 0.6 is 0 Å². The number of likely N-dealkylation sites (N-methyl/N-ethyl adjacent to an activating group) is 1. The zero-order valence-corrected chi connectivity index (χ0v) is 50.2. The van der Waals surface area contributed by atoms with Crippen molar-refractivity contribution in [3.05, 3.63) is 190 Å². The van der Waals surface area contributed by atoms with Crippen molar-refractivity contribution in [3.8, 4) is 11.5 Å². The second-order valence-electron chi connectivity index (χ2n) is 25.1. The molecule has 8 atom stereocenters. The molecule has 436 valence electrons. The summed E-state index contributed by atoms with van der Waals surface area (Å²) < 4.78 is 36.5. The summed E-state index contributed by atoms with van der Waals surface area (Å²) in [6.45, 7) is 13.4. The first kappa shape index (κ1) is 58.4. The largest absolute Gasteiger partial charge is 0.508 e. The number of allylic oxidation sites excluding steroid dienone is 7. The van der Waals surface area contributed by atoms with Crippen LogP contribution in [-0.2, 0) is 29.8 Å².